The molecule has 2 heterocycles. The number of aromatic nitrogens is 2. The molecule has 282 valence electrons. The normalized spacial score (nSPS) is 10.1. The third-order valence-electron chi connectivity index (χ3n) is 9.37. The van der Waals surface area contributed by atoms with E-state index in [1.165, 1.54) is 44.5 Å². The van der Waals surface area contributed by atoms with Crippen LogP contribution in [0.1, 0.15) is 33.6 Å². The van der Waals surface area contributed by atoms with Gasteiger partial charge >= 0.3 is 0 Å². The number of hydrogen-bond donors (Lipinski definition) is 0. The van der Waals surface area contributed by atoms with Gasteiger partial charge in [0.15, 0.2) is 0 Å². The third-order valence-corrected chi connectivity index (χ3v) is 9.37. The van der Waals surface area contributed by atoms with Crippen LogP contribution in [0.4, 0.5) is 0 Å². The van der Waals surface area contributed by atoms with E-state index in [2.05, 4.69) is 208 Å². The summed E-state index contributed by atoms with van der Waals surface area (Å²) in [5, 5.41) is 2.28. The summed E-state index contributed by atoms with van der Waals surface area (Å²) >= 11 is 0. The first-order chi connectivity index (χ1) is 27.6. The Morgan fingerprint density at radius 1 is 0.368 bits per heavy atom. The second-order valence-corrected chi connectivity index (χ2v) is 13.5. The minimum absolute atomic E-state index is 0. The molecule has 0 unspecified atom stereocenters. The van der Waals surface area contributed by atoms with Crippen molar-refractivity contribution in [2.24, 2.45) is 0 Å². The highest BCUT2D eigenvalue weighted by atomic mass is 16.1. The molecule has 7 aromatic carbocycles. The van der Waals surface area contributed by atoms with E-state index in [0.29, 0.717) is 0 Å². The summed E-state index contributed by atoms with van der Waals surface area (Å²) in [4.78, 5) is 17.8. The van der Waals surface area contributed by atoms with Crippen LogP contribution in [0, 0.1) is 13.8 Å². The number of carbonyl (C=O) groups is 1. The smallest absolute Gasteiger partial charge is 0.106 e. The molecule has 0 saturated carbocycles. The number of hydrogen-bond acceptors (Lipinski definition) is 3. The first-order valence-electron chi connectivity index (χ1n) is 18.9. The summed E-state index contributed by atoms with van der Waals surface area (Å²) in [5.41, 5.74) is 14.2. The van der Waals surface area contributed by atoms with Crippen LogP contribution >= 0.6 is 0 Å². The van der Waals surface area contributed by atoms with E-state index >= 15 is 0 Å². The predicted molar refractivity (Wildman–Crippen MR) is 240 cm³/mol. The molecule has 0 radical (unpaired) electrons. The molecule has 57 heavy (non-hydrogen) atoms. The minimum atomic E-state index is 0. The number of fused-ring (bicyclic) bond motifs is 3. The third kappa shape index (κ3) is 11.3. The van der Waals surface area contributed by atoms with Gasteiger partial charge in [0.2, 0.25) is 0 Å². The van der Waals surface area contributed by atoms with Gasteiger partial charge in [-0.2, -0.15) is 0 Å². The average Bonchev–Trinajstić information content (AvgIpc) is 3.26. The molecule has 0 spiro atoms. The topological polar surface area (TPSA) is 74.3 Å². The summed E-state index contributed by atoms with van der Waals surface area (Å²) in [7, 11) is 0. The fourth-order valence-electron chi connectivity index (χ4n) is 6.80. The van der Waals surface area contributed by atoms with Gasteiger partial charge in [-0.25, -0.2) is 0 Å². The monoisotopic (exact) mass is 744 g/mol. The fraction of sp³-hybridized carbons (Fsp3) is 0.0755. The SMILES string of the molecule is C=O.Cc1cc(-c2ccccc2)c2ccc3c(-c4ccccc4)cc(C)nc3c2n1.O.c1ccc(Cc2ccccc2)cc1.c1ccc(Cc2ccccc2)cc1. The largest absolute Gasteiger partial charge is 0.412 e. The molecule has 0 atom stereocenters. The van der Waals surface area contributed by atoms with E-state index in [1.54, 1.807) is 0 Å². The van der Waals surface area contributed by atoms with E-state index in [1.807, 2.05) is 18.9 Å². The molecule has 2 aromatic heterocycles. The number of pyridine rings is 2. The quantitative estimate of drug-likeness (QED) is 0.159. The molecule has 0 aliphatic rings. The van der Waals surface area contributed by atoms with Crippen LogP contribution in [0.15, 0.2) is 206 Å². The molecule has 0 fully saturated rings. The van der Waals surface area contributed by atoms with Crippen LogP contribution in [-0.2, 0) is 17.6 Å². The predicted octanol–water partition coefficient (Wildman–Crippen LogP) is 12.3. The highest BCUT2D eigenvalue weighted by molar-refractivity contribution is 6.12. The van der Waals surface area contributed by atoms with Gasteiger partial charge in [0.05, 0.1) is 11.0 Å². The molecule has 9 rings (SSSR count). The maximum absolute atomic E-state index is 8.00. The van der Waals surface area contributed by atoms with Crippen molar-refractivity contribution >= 4 is 28.6 Å². The lowest BCUT2D eigenvalue weighted by atomic mass is 9.95. The van der Waals surface area contributed by atoms with Gasteiger partial charge < -0.3 is 10.3 Å². The maximum Gasteiger partial charge on any atom is 0.106 e. The second kappa shape index (κ2) is 21.2. The molecule has 2 N–H and O–H groups in total. The zero-order valence-corrected chi connectivity index (χ0v) is 32.6. The van der Waals surface area contributed by atoms with Gasteiger partial charge in [-0.05, 0) is 83.3 Å². The van der Waals surface area contributed by atoms with Gasteiger partial charge in [0, 0.05) is 22.2 Å². The van der Waals surface area contributed by atoms with Crippen LogP contribution in [0.2, 0.25) is 0 Å². The molecule has 9 aromatic rings. The summed E-state index contributed by atoms with van der Waals surface area (Å²) in [6, 6.07) is 71.8. The molecule has 0 aliphatic carbocycles. The second-order valence-electron chi connectivity index (χ2n) is 13.5. The van der Waals surface area contributed by atoms with E-state index < -0.39 is 0 Å². The average molecular weight is 745 g/mol. The Labute approximate surface area is 336 Å². The van der Waals surface area contributed by atoms with Gasteiger partial charge in [-0.15, -0.1) is 0 Å². The maximum atomic E-state index is 8.00. The molecule has 4 nitrogen and oxygen atoms in total. The van der Waals surface area contributed by atoms with Crippen LogP contribution in [0.25, 0.3) is 44.1 Å². The summed E-state index contributed by atoms with van der Waals surface area (Å²) < 4.78 is 0. The number of carbonyl (C=O) groups excluding carboxylic acids is 1. The van der Waals surface area contributed by atoms with Crippen LogP contribution in [-0.4, -0.2) is 22.2 Å². The lowest BCUT2D eigenvalue weighted by Crippen LogP contribution is -1.94. The Morgan fingerprint density at radius 3 is 0.877 bits per heavy atom. The van der Waals surface area contributed by atoms with Gasteiger partial charge in [-0.3, -0.25) is 9.97 Å². The molecule has 4 heteroatoms. The van der Waals surface area contributed by atoms with Crippen molar-refractivity contribution < 1.29 is 10.3 Å². The van der Waals surface area contributed by atoms with Crippen molar-refractivity contribution in [3.8, 4) is 22.3 Å². The van der Waals surface area contributed by atoms with Gasteiger partial charge in [0.1, 0.15) is 6.79 Å². The van der Waals surface area contributed by atoms with E-state index in [0.717, 1.165) is 46.0 Å². The lowest BCUT2D eigenvalue weighted by Gasteiger charge is -2.13. The van der Waals surface area contributed by atoms with Crippen LogP contribution < -0.4 is 0 Å². The first kappa shape index (κ1) is 41.2. The Balaban J connectivity index is 0.000000179. The van der Waals surface area contributed by atoms with E-state index in [-0.39, 0.29) is 5.48 Å². The Bertz CT molecular complexity index is 2290. The Morgan fingerprint density at radius 2 is 0.614 bits per heavy atom. The van der Waals surface area contributed by atoms with Crippen LogP contribution in [0.3, 0.4) is 0 Å². The highest BCUT2D eigenvalue weighted by Crippen LogP contribution is 2.36. The zero-order chi connectivity index (χ0) is 39.0. The summed E-state index contributed by atoms with van der Waals surface area (Å²) in [6.07, 6.45) is 2.06. The molecular weight excluding hydrogens is 697 g/mol. The van der Waals surface area contributed by atoms with E-state index in [9.17, 15) is 0 Å². The molecule has 0 saturated heterocycles. The molecule has 0 amide bonds. The molecule has 0 aliphatic heterocycles. The van der Waals surface area contributed by atoms with Crippen molar-refractivity contribution in [2.45, 2.75) is 26.7 Å². The first-order valence-corrected chi connectivity index (χ1v) is 18.9. The Kier molecular flexibility index (Phi) is 15.3. The molecular formula is C53H48N2O2. The van der Waals surface area contributed by atoms with Crippen molar-refractivity contribution in [2.75, 3.05) is 0 Å². The van der Waals surface area contributed by atoms with Crippen molar-refractivity contribution in [3.05, 3.63) is 240 Å². The van der Waals surface area contributed by atoms with Crippen LogP contribution in [0.5, 0.6) is 0 Å². The number of benzene rings is 7. The van der Waals surface area contributed by atoms with Crippen molar-refractivity contribution in [1.29, 1.82) is 0 Å². The number of rotatable bonds is 6. The van der Waals surface area contributed by atoms with E-state index in [4.69, 9.17) is 14.8 Å². The highest BCUT2D eigenvalue weighted by Gasteiger charge is 2.14. The fourth-order valence-corrected chi connectivity index (χ4v) is 6.80. The summed E-state index contributed by atoms with van der Waals surface area (Å²) in [6.45, 7) is 6.11. The molecule has 0 bridgehead atoms. The van der Waals surface area contributed by atoms with Gasteiger partial charge in [-0.1, -0.05) is 194 Å². The van der Waals surface area contributed by atoms with Crippen molar-refractivity contribution in [1.82, 2.24) is 9.97 Å². The summed E-state index contributed by atoms with van der Waals surface area (Å²) in [5.74, 6) is 0. The Hall–Kier alpha value is -7.01. The standard InChI is InChI=1S/C26H20N2.2C13H12.CH2O.H2O/c1-17-15-23(19-9-5-3-6-10-19)21-13-14-22-24(20-11-7-4-8-12-20)16-18(2)28-26(22)25(21)27-17;2*1-3-7-12(8-4-1)11-13-9-5-2-6-10-13;1-2;/h3-16H,1-2H3;2*1-10H,11H2;1H2;1H2. The van der Waals surface area contributed by atoms with Gasteiger partial charge in [0.25, 0.3) is 0 Å². The zero-order valence-electron chi connectivity index (χ0n) is 32.6. The van der Waals surface area contributed by atoms with Crippen molar-refractivity contribution in [3.63, 3.8) is 0 Å². The number of aryl methyl sites for hydroxylation is 2. The lowest BCUT2D eigenvalue weighted by molar-refractivity contribution is -0.0980. The number of nitrogens with zero attached hydrogens (tertiary/aromatic N) is 2. The minimum Gasteiger partial charge on any atom is -0.412 e.